The van der Waals surface area contributed by atoms with Crippen LogP contribution in [0.4, 0.5) is 0 Å². The number of carbonyl (C=O) groups is 1. The minimum absolute atomic E-state index is 0. The predicted octanol–water partition coefficient (Wildman–Crippen LogP) is 10.5. The molecule has 0 atom stereocenters. The van der Waals surface area contributed by atoms with Gasteiger partial charge in [0.15, 0.2) is 0 Å². The molecule has 0 fully saturated rings. The molecule has 0 saturated carbocycles. The summed E-state index contributed by atoms with van der Waals surface area (Å²) in [5, 5.41) is 4.76. The number of carbonyl (C=O) groups excluding carboxylic acids is 1. The van der Waals surface area contributed by atoms with E-state index in [1.807, 2.05) is 53.9 Å². The van der Waals surface area contributed by atoms with E-state index in [4.69, 9.17) is 9.72 Å². The van der Waals surface area contributed by atoms with Crippen LogP contribution in [-0.4, -0.2) is 15.3 Å². The van der Waals surface area contributed by atoms with Crippen molar-refractivity contribution in [3.05, 3.63) is 144 Å². The van der Waals surface area contributed by atoms with E-state index in [9.17, 15) is 4.79 Å². The third-order valence-corrected chi connectivity index (χ3v) is 9.47. The van der Waals surface area contributed by atoms with E-state index < -0.39 is 0 Å². The fourth-order valence-corrected chi connectivity index (χ4v) is 7.25. The van der Waals surface area contributed by atoms with E-state index in [-0.39, 0.29) is 32.3 Å². The van der Waals surface area contributed by atoms with E-state index in [0.717, 1.165) is 22.2 Å². The smallest absolute Gasteiger partial charge is 0.503 e. The summed E-state index contributed by atoms with van der Waals surface area (Å²) < 4.78 is 11.0. The first-order chi connectivity index (χ1) is 21.8. The summed E-state index contributed by atoms with van der Waals surface area (Å²) in [6.07, 6.45) is 1.89. The maximum Gasteiger partial charge on any atom is 2.00 e. The topological polar surface area (TPSA) is 44.1 Å². The molecule has 5 aromatic carbocycles. The Morgan fingerprint density at radius 1 is 0.783 bits per heavy atom. The fraction of sp³-hybridized carbons (Fsp3) is 0.100. The molecule has 0 unspecified atom stereocenters. The SMILES string of the molecule is CC(C)(C)c1ccnc(-n2c3[c-]c(Oc4[c-]c(C(=O)c5ccccc5)ccc4)ccc3c3c4sc5ccccc5c4ccc32)c1.[Pt+2]. The minimum Gasteiger partial charge on any atom is -0.503 e. The summed E-state index contributed by atoms with van der Waals surface area (Å²) in [7, 11) is 0. The average Bonchev–Trinajstić information content (AvgIpc) is 3.60. The number of thiophene rings is 1. The Kier molecular flexibility index (Phi) is 7.63. The second-order valence-electron chi connectivity index (χ2n) is 12.2. The minimum atomic E-state index is -0.0993. The molecule has 0 aliphatic carbocycles. The molecule has 0 N–H and O–H groups in total. The molecule has 8 rings (SSSR count). The Labute approximate surface area is 285 Å². The molecule has 3 aromatic heterocycles. The maximum absolute atomic E-state index is 13.1. The monoisotopic (exact) mass is 795 g/mol. The van der Waals surface area contributed by atoms with Crippen LogP contribution in [0.5, 0.6) is 11.5 Å². The van der Waals surface area contributed by atoms with E-state index in [0.29, 0.717) is 22.6 Å². The summed E-state index contributed by atoms with van der Waals surface area (Å²) in [4.78, 5) is 17.9. The Hall–Kier alpha value is -4.57. The number of hydrogen-bond acceptors (Lipinski definition) is 4. The normalized spacial score (nSPS) is 11.7. The molecule has 0 saturated heterocycles. The number of ketones is 1. The first kappa shape index (κ1) is 30.1. The van der Waals surface area contributed by atoms with Crippen LogP contribution in [0.25, 0.3) is 47.8 Å². The summed E-state index contributed by atoms with van der Waals surface area (Å²) in [5.41, 5.74) is 4.17. The van der Waals surface area contributed by atoms with Crippen LogP contribution >= 0.6 is 11.3 Å². The van der Waals surface area contributed by atoms with Crippen molar-refractivity contribution in [3.63, 3.8) is 0 Å². The van der Waals surface area contributed by atoms with Gasteiger partial charge in [-0.1, -0.05) is 92.5 Å². The second-order valence-corrected chi connectivity index (χ2v) is 13.3. The molecule has 8 aromatic rings. The van der Waals surface area contributed by atoms with Crippen LogP contribution in [0.15, 0.2) is 115 Å². The van der Waals surface area contributed by atoms with Gasteiger partial charge < -0.3 is 14.1 Å². The third-order valence-electron chi connectivity index (χ3n) is 8.27. The fourth-order valence-electron chi connectivity index (χ4n) is 6.00. The van der Waals surface area contributed by atoms with E-state index in [1.54, 1.807) is 18.2 Å². The number of aromatic nitrogens is 2. The average molecular weight is 796 g/mol. The van der Waals surface area contributed by atoms with Crippen LogP contribution in [0, 0.1) is 12.1 Å². The Morgan fingerprint density at radius 3 is 2.37 bits per heavy atom. The predicted molar refractivity (Wildman–Crippen MR) is 184 cm³/mol. The Balaban J connectivity index is 0.00000338. The number of benzene rings is 5. The molecular weight excluding hydrogens is 768 g/mol. The molecule has 226 valence electrons. The van der Waals surface area contributed by atoms with Gasteiger partial charge in [-0.2, -0.15) is 6.07 Å². The first-order valence-corrected chi connectivity index (χ1v) is 15.7. The van der Waals surface area contributed by atoms with E-state index in [2.05, 4.69) is 92.1 Å². The van der Waals surface area contributed by atoms with E-state index >= 15 is 0 Å². The molecule has 0 aliphatic rings. The van der Waals surface area contributed by atoms with Crippen LogP contribution in [0.2, 0.25) is 0 Å². The van der Waals surface area contributed by atoms with Gasteiger partial charge in [-0.25, -0.2) is 4.98 Å². The van der Waals surface area contributed by atoms with Gasteiger partial charge in [0.25, 0.3) is 0 Å². The molecule has 3 heterocycles. The summed E-state index contributed by atoms with van der Waals surface area (Å²) >= 11 is 1.82. The van der Waals surface area contributed by atoms with Crippen molar-refractivity contribution in [2.75, 3.05) is 0 Å². The molecule has 0 spiro atoms. The third kappa shape index (κ3) is 5.14. The number of pyridine rings is 1. The van der Waals surface area contributed by atoms with Crippen LogP contribution in [0.1, 0.15) is 42.3 Å². The van der Waals surface area contributed by atoms with Gasteiger partial charge in [0.05, 0.1) is 0 Å². The van der Waals surface area contributed by atoms with Crippen molar-refractivity contribution in [3.8, 4) is 17.3 Å². The number of ether oxygens (including phenoxy) is 1. The van der Waals surface area contributed by atoms with Crippen LogP contribution in [-0.2, 0) is 26.5 Å². The Morgan fingerprint density at radius 2 is 1.54 bits per heavy atom. The van der Waals surface area contributed by atoms with Gasteiger partial charge in [-0.05, 0) is 46.2 Å². The van der Waals surface area contributed by atoms with Crippen molar-refractivity contribution in [1.29, 1.82) is 0 Å². The van der Waals surface area contributed by atoms with Crippen molar-refractivity contribution in [2.24, 2.45) is 0 Å². The standard InChI is InChI=1S/C40H28N2O2S.Pt/c1-40(2,3)27-20-21-41-36(23-27)42-33-19-18-31-30-14-7-8-15-35(30)45-39(31)37(33)32-17-16-29(24-34(32)42)44-28-13-9-12-26(22-28)38(43)25-10-5-4-6-11-25;/h4-21,23H,1-3H3;/q-2;+2. The van der Waals surface area contributed by atoms with Crippen molar-refractivity contribution in [1.82, 2.24) is 9.55 Å². The molecule has 46 heavy (non-hydrogen) atoms. The summed E-state index contributed by atoms with van der Waals surface area (Å²) in [6.45, 7) is 6.64. The van der Waals surface area contributed by atoms with Crippen LogP contribution < -0.4 is 4.74 Å². The van der Waals surface area contributed by atoms with Crippen LogP contribution in [0.3, 0.4) is 0 Å². The first-order valence-electron chi connectivity index (χ1n) is 14.9. The van der Waals surface area contributed by atoms with Crippen molar-refractivity contribution >= 4 is 59.1 Å². The zero-order chi connectivity index (χ0) is 30.7. The van der Waals surface area contributed by atoms with E-state index in [1.165, 1.54) is 31.1 Å². The van der Waals surface area contributed by atoms with Crippen molar-refractivity contribution in [2.45, 2.75) is 26.2 Å². The Bertz CT molecular complexity index is 2420. The molecule has 0 amide bonds. The zero-order valence-corrected chi connectivity index (χ0v) is 28.5. The maximum atomic E-state index is 13.1. The molecule has 6 heteroatoms. The molecular formula is C40H28N2O2PtS. The number of rotatable bonds is 5. The zero-order valence-electron chi connectivity index (χ0n) is 25.4. The molecule has 0 aliphatic heterocycles. The molecule has 0 radical (unpaired) electrons. The number of nitrogens with zero attached hydrogens (tertiary/aromatic N) is 2. The van der Waals surface area contributed by atoms with Gasteiger partial charge in [-0.15, -0.1) is 47.1 Å². The van der Waals surface area contributed by atoms with Gasteiger partial charge in [0.2, 0.25) is 0 Å². The van der Waals surface area contributed by atoms with Crippen molar-refractivity contribution < 1.29 is 30.6 Å². The van der Waals surface area contributed by atoms with Gasteiger partial charge in [-0.3, -0.25) is 0 Å². The number of fused-ring (bicyclic) bond motifs is 7. The van der Waals surface area contributed by atoms with Gasteiger partial charge in [0.1, 0.15) is 11.6 Å². The van der Waals surface area contributed by atoms with Gasteiger partial charge >= 0.3 is 21.1 Å². The largest absolute Gasteiger partial charge is 2.00 e. The number of hydrogen-bond donors (Lipinski definition) is 0. The second kappa shape index (κ2) is 11.7. The molecule has 0 bridgehead atoms. The summed E-state index contributed by atoms with van der Waals surface area (Å²) in [6, 6.07) is 42.6. The summed E-state index contributed by atoms with van der Waals surface area (Å²) in [5.74, 6) is 1.72. The molecule has 4 nitrogen and oxygen atoms in total. The quantitative estimate of drug-likeness (QED) is 0.129. The van der Waals surface area contributed by atoms with Gasteiger partial charge in [0, 0.05) is 43.4 Å².